The molecule has 0 radical (unpaired) electrons. The number of thiophene rings is 1. The largest absolute Gasteiger partial charge is 0.375 e. The second-order valence-corrected chi connectivity index (χ2v) is 8.73. The molecule has 2 fully saturated rings. The van der Waals surface area contributed by atoms with Crippen molar-refractivity contribution in [3.8, 4) is 0 Å². The molecular weight excluding hydrogens is 322 g/mol. The Bertz CT molecular complexity index is 564. The first-order valence-electron chi connectivity index (χ1n) is 8.85. The van der Waals surface area contributed by atoms with E-state index in [0.29, 0.717) is 0 Å². The van der Waals surface area contributed by atoms with Crippen LogP contribution in [0.3, 0.4) is 0 Å². The fraction of sp³-hybridized carbons (Fsp3) is 0.722. The number of aryl methyl sites for hydroxylation is 1. The molecule has 134 valence electrons. The summed E-state index contributed by atoms with van der Waals surface area (Å²) in [6.07, 6.45) is 3.98. The monoisotopic (exact) mass is 351 g/mol. The SMILES string of the molecule is Cc1ccc(CN2CCC3(CC2)C[C@H](NC(=O)N(C)C)CCO3)s1. The van der Waals surface area contributed by atoms with Crippen molar-refractivity contribution in [2.75, 3.05) is 33.8 Å². The molecule has 6 heteroatoms. The first-order chi connectivity index (χ1) is 11.5. The summed E-state index contributed by atoms with van der Waals surface area (Å²) < 4.78 is 6.19. The van der Waals surface area contributed by atoms with Crippen molar-refractivity contribution in [3.05, 3.63) is 21.9 Å². The molecule has 5 nitrogen and oxygen atoms in total. The number of carbonyl (C=O) groups is 1. The van der Waals surface area contributed by atoms with Crippen molar-refractivity contribution in [3.63, 3.8) is 0 Å². The van der Waals surface area contributed by atoms with Gasteiger partial charge in [-0.15, -0.1) is 11.3 Å². The zero-order valence-electron chi connectivity index (χ0n) is 15.0. The molecule has 1 atom stereocenters. The number of nitrogens with zero attached hydrogens (tertiary/aromatic N) is 2. The van der Waals surface area contributed by atoms with Crippen LogP contribution in [0, 0.1) is 6.92 Å². The average molecular weight is 352 g/mol. The van der Waals surface area contributed by atoms with Gasteiger partial charge in [0.1, 0.15) is 0 Å². The van der Waals surface area contributed by atoms with E-state index in [-0.39, 0.29) is 17.7 Å². The topological polar surface area (TPSA) is 44.8 Å². The first kappa shape index (κ1) is 17.7. The maximum absolute atomic E-state index is 11.9. The average Bonchev–Trinajstić information content (AvgIpc) is 2.95. The molecule has 1 N–H and O–H groups in total. The van der Waals surface area contributed by atoms with E-state index in [9.17, 15) is 4.79 Å². The normalized spacial score (nSPS) is 24.0. The van der Waals surface area contributed by atoms with Crippen molar-refractivity contribution in [1.29, 1.82) is 0 Å². The summed E-state index contributed by atoms with van der Waals surface area (Å²) in [4.78, 5) is 18.9. The Labute approximate surface area is 149 Å². The number of rotatable bonds is 3. The zero-order valence-corrected chi connectivity index (χ0v) is 15.8. The maximum atomic E-state index is 11.9. The molecule has 2 saturated heterocycles. The van der Waals surface area contributed by atoms with Crippen molar-refractivity contribution >= 4 is 17.4 Å². The Hall–Kier alpha value is -1.11. The minimum atomic E-state index is -0.0373. The number of ether oxygens (including phenoxy) is 1. The summed E-state index contributed by atoms with van der Waals surface area (Å²) in [5.74, 6) is 0. The van der Waals surface area contributed by atoms with Crippen LogP contribution in [0.2, 0.25) is 0 Å². The number of likely N-dealkylation sites (tertiary alicyclic amines) is 1. The van der Waals surface area contributed by atoms with E-state index >= 15 is 0 Å². The molecule has 3 heterocycles. The molecule has 2 aliphatic rings. The van der Waals surface area contributed by atoms with Gasteiger partial charge in [-0.25, -0.2) is 4.79 Å². The molecule has 0 unspecified atom stereocenters. The lowest BCUT2D eigenvalue weighted by Crippen LogP contribution is -2.54. The molecule has 24 heavy (non-hydrogen) atoms. The number of hydrogen-bond donors (Lipinski definition) is 1. The lowest BCUT2D eigenvalue weighted by Gasteiger charge is -2.46. The number of carbonyl (C=O) groups excluding carboxylic acids is 1. The lowest BCUT2D eigenvalue weighted by molar-refractivity contribution is -0.119. The van der Waals surface area contributed by atoms with Gasteiger partial charge in [-0.2, -0.15) is 0 Å². The number of urea groups is 1. The summed E-state index contributed by atoms with van der Waals surface area (Å²) in [5.41, 5.74) is -0.0373. The van der Waals surface area contributed by atoms with Crippen LogP contribution >= 0.6 is 11.3 Å². The highest BCUT2D eigenvalue weighted by molar-refractivity contribution is 7.11. The highest BCUT2D eigenvalue weighted by Gasteiger charge is 2.40. The van der Waals surface area contributed by atoms with Crippen LogP contribution in [0.4, 0.5) is 4.79 Å². The predicted octanol–water partition coefficient (Wildman–Crippen LogP) is 2.84. The third-order valence-electron chi connectivity index (χ3n) is 5.17. The van der Waals surface area contributed by atoms with E-state index in [4.69, 9.17) is 4.74 Å². The van der Waals surface area contributed by atoms with Gasteiger partial charge >= 0.3 is 6.03 Å². The van der Waals surface area contributed by atoms with Crippen molar-refractivity contribution in [2.24, 2.45) is 0 Å². The Morgan fingerprint density at radius 3 is 2.79 bits per heavy atom. The maximum Gasteiger partial charge on any atom is 0.317 e. The van der Waals surface area contributed by atoms with E-state index in [0.717, 1.165) is 51.9 Å². The van der Waals surface area contributed by atoms with Gasteiger partial charge in [0, 0.05) is 56.1 Å². The third kappa shape index (κ3) is 4.29. The molecule has 1 aromatic rings. The summed E-state index contributed by atoms with van der Waals surface area (Å²) >= 11 is 1.89. The quantitative estimate of drug-likeness (QED) is 0.911. The molecule has 0 saturated carbocycles. The smallest absolute Gasteiger partial charge is 0.317 e. The van der Waals surface area contributed by atoms with Crippen molar-refractivity contribution in [2.45, 2.75) is 50.8 Å². The van der Waals surface area contributed by atoms with E-state index in [1.807, 2.05) is 11.3 Å². The van der Waals surface area contributed by atoms with E-state index in [1.165, 1.54) is 9.75 Å². The van der Waals surface area contributed by atoms with Crippen LogP contribution in [0.15, 0.2) is 12.1 Å². The van der Waals surface area contributed by atoms with Gasteiger partial charge in [0.05, 0.1) is 5.60 Å². The first-order valence-corrected chi connectivity index (χ1v) is 9.67. The number of nitrogens with one attached hydrogen (secondary N) is 1. The molecule has 2 aliphatic heterocycles. The molecule has 2 amide bonds. The third-order valence-corrected chi connectivity index (χ3v) is 6.15. The van der Waals surface area contributed by atoms with Gasteiger partial charge in [-0.05, 0) is 44.7 Å². The summed E-state index contributed by atoms with van der Waals surface area (Å²) in [6.45, 7) is 6.12. The predicted molar refractivity (Wildman–Crippen MR) is 97.5 cm³/mol. The standard InChI is InChI=1S/C18H29N3O2S/c1-14-4-5-16(24-14)13-21-9-7-18(8-10-21)12-15(6-11-23-18)19-17(22)20(2)3/h4-5,15H,6-13H2,1-3H3,(H,19,22)/t15-/m1/s1. The van der Waals surface area contributed by atoms with Gasteiger partial charge in [0.15, 0.2) is 0 Å². The van der Waals surface area contributed by atoms with E-state index < -0.39 is 0 Å². The van der Waals surface area contributed by atoms with Crippen LogP contribution in [-0.4, -0.2) is 61.3 Å². The Morgan fingerprint density at radius 2 is 2.17 bits per heavy atom. The van der Waals surface area contributed by atoms with Gasteiger partial charge in [0.2, 0.25) is 0 Å². The second kappa shape index (κ2) is 7.42. The zero-order chi connectivity index (χ0) is 17.2. The summed E-state index contributed by atoms with van der Waals surface area (Å²) in [5, 5.41) is 3.14. The second-order valence-electron chi connectivity index (χ2n) is 7.35. The molecule has 0 aliphatic carbocycles. The van der Waals surface area contributed by atoms with Crippen LogP contribution < -0.4 is 5.32 Å². The van der Waals surface area contributed by atoms with Crippen molar-refractivity contribution < 1.29 is 9.53 Å². The molecule has 1 aromatic heterocycles. The Morgan fingerprint density at radius 1 is 1.42 bits per heavy atom. The van der Waals surface area contributed by atoms with E-state index in [2.05, 4.69) is 29.3 Å². The van der Waals surface area contributed by atoms with E-state index in [1.54, 1.807) is 19.0 Å². The molecule has 0 bridgehead atoms. The molecular formula is C18H29N3O2S. The van der Waals surface area contributed by atoms with Gasteiger partial charge < -0.3 is 15.0 Å². The minimum absolute atomic E-state index is 0.00236. The molecule has 1 spiro atoms. The van der Waals surface area contributed by atoms with Gasteiger partial charge in [-0.3, -0.25) is 4.90 Å². The fourth-order valence-corrected chi connectivity index (χ4v) is 4.65. The summed E-state index contributed by atoms with van der Waals surface area (Å²) in [6, 6.07) is 4.69. The van der Waals surface area contributed by atoms with Gasteiger partial charge in [0.25, 0.3) is 0 Å². The molecule has 0 aromatic carbocycles. The van der Waals surface area contributed by atoms with Crippen LogP contribution in [-0.2, 0) is 11.3 Å². The summed E-state index contributed by atoms with van der Waals surface area (Å²) in [7, 11) is 3.57. The fourth-order valence-electron chi connectivity index (χ4n) is 3.71. The van der Waals surface area contributed by atoms with Crippen LogP contribution in [0.1, 0.15) is 35.4 Å². The number of piperidine rings is 1. The Balaban J connectivity index is 1.51. The minimum Gasteiger partial charge on any atom is -0.375 e. The highest BCUT2D eigenvalue weighted by Crippen LogP contribution is 2.35. The van der Waals surface area contributed by atoms with Crippen molar-refractivity contribution in [1.82, 2.24) is 15.1 Å². The Kier molecular flexibility index (Phi) is 5.47. The number of amides is 2. The van der Waals surface area contributed by atoms with Gasteiger partial charge in [-0.1, -0.05) is 0 Å². The highest BCUT2D eigenvalue weighted by atomic mass is 32.1. The van der Waals surface area contributed by atoms with Crippen LogP contribution in [0.25, 0.3) is 0 Å². The number of hydrogen-bond acceptors (Lipinski definition) is 4. The van der Waals surface area contributed by atoms with Crippen LogP contribution in [0.5, 0.6) is 0 Å². The molecule has 3 rings (SSSR count). The lowest BCUT2D eigenvalue weighted by atomic mass is 9.82.